The number of rotatable bonds is 2. The van der Waals surface area contributed by atoms with E-state index < -0.39 is 5.97 Å². The topological polar surface area (TPSA) is 40.5 Å². The van der Waals surface area contributed by atoms with Crippen molar-refractivity contribution in [1.82, 2.24) is 4.90 Å². The molecule has 1 aliphatic rings. The largest absolute Gasteiger partial charge is 0.481 e. The molecule has 0 fully saturated rings. The smallest absolute Gasteiger partial charge is 0.305 e. The fourth-order valence-corrected chi connectivity index (χ4v) is 2.21. The van der Waals surface area contributed by atoms with Crippen LogP contribution < -0.4 is 0 Å². The average molecular weight is 235 g/mol. The third-order valence-corrected chi connectivity index (χ3v) is 3.05. The molecule has 1 aromatic rings. The second-order valence-corrected chi connectivity index (χ2v) is 4.04. The minimum absolute atomic E-state index is 0.0347. The number of aliphatic carboxylic acids is 1. The Labute approximate surface area is 103 Å². The van der Waals surface area contributed by atoms with Crippen molar-refractivity contribution in [2.45, 2.75) is 32.7 Å². The van der Waals surface area contributed by atoms with Gasteiger partial charge in [-0.2, -0.15) is 0 Å². The zero-order valence-corrected chi connectivity index (χ0v) is 10.8. The minimum atomic E-state index is -0.733. The van der Waals surface area contributed by atoms with Gasteiger partial charge in [0.15, 0.2) is 0 Å². The van der Waals surface area contributed by atoms with Crippen molar-refractivity contribution in [1.29, 1.82) is 0 Å². The number of fused-ring (bicyclic) bond motifs is 1. The zero-order valence-electron chi connectivity index (χ0n) is 10.8. The number of carbonyl (C=O) groups is 1. The summed E-state index contributed by atoms with van der Waals surface area (Å²) < 4.78 is 0. The van der Waals surface area contributed by atoms with Crippen molar-refractivity contribution >= 4 is 5.97 Å². The van der Waals surface area contributed by atoms with Gasteiger partial charge in [-0.15, -0.1) is 0 Å². The van der Waals surface area contributed by atoms with Gasteiger partial charge in [0, 0.05) is 12.6 Å². The van der Waals surface area contributed by atoms with Crippen LogP contribution in [0.5, 0.6) is 0 Å². The van der Waals surface area contributed by atoms with Crippen LogP contribution in [0.4, 0.5) is 0 Å². The molecule has 0 aromatic heterocycles. The van der Waals surface area contributed by atoms with E-state index in [4.69, 9.17) is 5.11 Å². The first kappa shape index (κ1) is 13.7. The summed E-state index contributed by atoms with van der Waals surface area (Å²) in [5.74, 6) is -0.733. The number of benzene rings is 1. The first-order chi connectivity index (χ1) is 8.18. The Balaban J connectivity index is 0.000000686. The second-order valence-electron chi connectivity index (χ2n) is 4.04. The summed E-state index contributed by atoms with van der Waals surface area (Å²) in [6, 6.07) is 8.16. The molecule has 94 valence electrons. The lowest BCUT2D eigenvalue weighted by Crippen LogP contribution is -2.33. The molecule has 0 bridgehead atoms. The SMILES string of the molecule is CC.CN1CCc2ccccc2C1CC(=O)O. The molecule has 0 radical (unpaired) electrons. The van der Waals surface area contributed by atoms with E-state index in [1.807, 2.05) is 39.1 Å². The van der Waals surface area contributed by atoms with E-state index in [1.165, 1.54) is 11.1 Å². The average Bonchev–Trinajstić information content (AvgIpc) is 2.35. The Morgan fingerprint density at radius 2 is 2.06 bits per heavy atom. The highest BCUT2D eigenvalue weighted by molar-refractivity contribution is 5.68. The van der Waals surface area contributed by atoms with Crippen LogP contribution in [0.2, 0.25) is 0 Å². The third-order valence-electron chi connectivity index (χ3n) is 3.05. The van der Waals surface area contributed by atoms with Crippen LogP contribution in [0, 0.1) is 0 Å². The van der Waals surface area contributed by atoms with Crippen LogP contribution in [0.1, 0.15) is 37.4 Å². The lowest BCUT2D eigenvalue weighted by atomic mass is 9.91. The Morgan fingerprint density at radius 1 is 1.41 bits per heavy atom. The maximum Gasteiger partial charge on any atom is 0.305 e. The van der Waals surface area contributed by atoms with Gasteiger partial charge in [-0.3, -0.25) is 9.69 Å². The van der Waals surface area contributed by atoms with Gasteiger partial charge in [-0.1, -0.05) is 38.1 Å². The van der Waals surface area contributed by atoms with Crippen molar-refractivity contribution < 1.29 is 9.90 Å². The molecule has 3 nitrogen and oxygen atoms in total. The van der Waals surface area contributed by atoms with Gasteiger partial charge in [-0.05, 0) is 24.6 Å². The van der Waals surface area contributed by atoms with E-state index >= 15 is 0 Å². The van der Waals surface area contributed by atoms with Crippen molar-refractivity contribution in [3.8, 4) is 0 Å². The number of likely N-dealkylation sites (N-methyl/N-ethyl adjacent to an activating group) is 1. The number of hydrogen-bond donors (Lipinski definition) is 1. The molecule has 1 aromatic carbocycles. The molecule has 1 N–H and O–H groups in total. The fraction of sp³-hybridized carbons (Fsp3) is 0.500. The highest BCUT2D eigenvalue weighted by Crippen LogP contribution is 2.30. The van der Waals surface area contributed by atoms with Crippen molar-refractivity contribution in [3.63, 3.8) is 0 Å². The Bertz CT molecular complexity index is 376. The van der Waals surface area contributed by atoms with Crippen molar-refractivity contribution in [2.75, 3.05) is 13.6 Å². The van der Waals surface area contributed by atoms with E-state index in [0.717, 1.165) is 13.0 Å². The number of hydrogen-bond acceptors (Lipinski definition) is 2. The molecular weight excluding hydrogens is 214 g/mol. The van der Waals surface area contributed by atoms with Gasteiger partial charge in [0.25, 0.3) is 0 Å². The summed E-state index contributed by atoms with van der Waals surface area (Å²) in [7, 11) is 1.99. The van der Waals surface area contributed by atoms with Gasteiger partial charge in [-0.25, -0.2) is 0 Å². The third kappa shape index (κ3) is 3.30. The molecule has 1 atom stereocenters. The number of carboxylic acid groups (broad SMARTS) is 1. The van der Waals surface area contributed by atoms with E-state index in [1.54, 1.807) is 0 Å². The maximum absolute atomic E-state index is 10.8. The number of carboxylic acids is 1. The molecule has 2 rings (SSSR count). The second kappa shape index (κ2) is 6.40. The quantitative estimate of drug-likeness (QED) is 0.856. The van der Waals surface area contributed by atoms with Crippen LogP contribution in [0.25, 0.3) is 0 Å². The predicted octanol–water partition coefficient (Wildman–Crippen LogP) is 2.72. The number of nitrogens with zero attached hydrogens (tertiary/aromatic N) is 1. The molecule has 0 saturated heterocycles. The molecule has 0 spiro atoms. The highest BCUT2D eigenvalue weighted by Gasteiger charge is 2.25. The molecule has 0 amide bonds. The Morgan fingerprint density at radius 3 is 2.71 bits per heavy atom. The summed E-state index contributed by atoms with van der Waals surface area (Å²) in [6.45, 7) is 4.94. The zero-order chi connectivity index (χ0) is 12.8. The summed E-state index contributed by atoms with van der Waals surface area (Å²) in [5.41, 5.74) is 2.47. The molecule has 1 aliphatic heterocycles. The maximum atomic E-state index is 10.8. The van der Waals surface area contributed by atoms with Gasteiger partial charge in [0.05, 0.1) is 6.42 Å². The minimum Gasteiger partial charge on any atom is -0.481 e. The van der Waals surface area contributed by atoms with Crippen LogP contribution in [0.15, 0.2) is 24.3 Å². The van der Waals surface area contributed by atoms with Crippen molar-refractivity contribution in [3.05, 3.63) is 35.4 Å². The van der Waals surface area contributed by atoms with Crippen LogP contribution in [-0.4, -0.2) is 29.6 Å². The van der Waals surface area contributed by atoms with Gasteiger partial charge >= 0.3 is 5.97 Å². The lowest BCUT2D eigenvalue weighted by molar-refractivity contribution is -0.138. The first-order valence-electron chi connectivity index (χ1n) is 6.18. The van der Waals surface area contributed by atoms with E-state index in [2.05, 4.69) is 11.0 Å². The molecule has 1 unspecified atom stereocenters. The Hall–Kier alpha value is -1.35. The molecule has 0 aliphatic carbocycles. The standard InChI is InChI=1S/C12H15NO2.C2H6/c1-13-7-6-9-4-2-3-5-10(9)11(13)8-12(14)15;1-2/h2-5,11H,6-8H2,1H3,(H,14,15);1-2H3. The highest BCUT2D eigenvalue weighted by atomic mass is 16.4. The molecule has 17 heavy (non-hydrogen) atoms. The summed E-state index contributed by atoms with van der Waals surface area (Å²) in [6.07, 6.45) is 1.20. The molecule has 3 heteroatoms. The lowest BCUT2D eigenvalue weighted by Gasteiger charge is -2.33. The molecular formula is C14H21NO2. The van der Waals surface area contributed by atoms with Crippen LogP contribution in [-0.2, 0) is 11.2 Å². The van der Waals surface area contributed by atoms with Crippen LogP contribution in [0.3, 0.4) is 0 Å². The van der Waals surface area contributed by atoms with Gasteiger partial charge < -0.3 is 5.11 Å². The van der Waals surface area contributed by atoms with E-state index in [9.17, 15) is 4.79 Å². The molecule has 0 saturated carbocycles. The monoisotopic (exact) mass is 235 g/mol. The predicted molar refractivity (Wildman–Crippen MR) is 69.1 cm³/mol. The summed E-state index contributed by atoms with van der Waals surface area (Å²) in [4.78, 5) is 12.9. The molecule has 1 heterocycles. The summed E-state index contributed by atoms with van der Waals surface area (Å²) in [5, 5.41) is 8.88. The van der Waals surface area contributed by atoms with Crippen LogP contribution >= 0.6 is 0 Å². The normalized spacial score (nSPS) is 18.9. The van der Waals surface area contributed by atoms with Gasteiger partial charge in [0.1, 0.15) is 0 Å². The first-order valence-corrected chi connectivity index (χ1v) is 6.18. The summed E-state index contributed by atoms with van der Waals surface area (Å²) >= 11 is 0. The van der Waals surface area contributed by atoms with E-state index in [0.29, 0.717) is 0 Å². The Kier molecular flexibility index (Phi) is 5.16. The van der Waals surface area contributed by atoms with E-state index in [-0.39, 0.29) is 12.5 Å². The van der Waals surface area contributed by atoms with Gasteiger partial charge in [0.2, 0.25) is 0 Å². The van der Waals surface area contributed by atoms with Crippen molar-refractivity contribution in [2.24, 2.45) is 0 Å². The fourth-order valence-electron chi connectivity index (χ4n) is 2.21.